The van der Waals surface area contributed by atoms with Crippen LogP contribution in [0, 0.1) is 0 Å². The van der Waals surface area contributed by atoms with Crippen LogP contribution in [-0.4, -0.2) is 45.3 Å². The van der Waals surface area contributed by atoms with E-state index in [-0.39, 0.29) is 11.7 Å². The third-order valence-electron chi connectivity index (χ3n) is 3.26. The van der Waals surface area contributed by atoms with E-state index < -0.39 is 0 Å². The smallest absolute Gasteiger partial charge is 0.154 e. The lowest BCUT2D eigenvalue weighted by molar-refractivity contribution is -0.0735. The first-order chi connectivity index (χ1) is 9.09. The molecular formula is C13H17ClN4O. The second-order valence-electron chi connectivity index (χ2n) is 5.45. The van der Waals surface area contributed by atoms with E-state index in [0.29, 0.717) is 5.88 Å². The zero-order valence-electron chi connectivity index (χ0n) is 11.1. The van der Waals surface area contributed by atoms with Gasteiger partial charge >= 0.3 is 0 Å². The molecule has 0 saturated carbocycles. The lowest BCUT2D eigenvalue weighted by Crippen LogP contribution is -2.53. The van der Waals surface area contributed by atoms with E-state index in [2.05, 4.69) is 28.8 Å². The number of fused-ring (bicyclic) bond motifs is 1. The summed E-state index contributed by atoms with van der Waals surface area (Å²) in [6.45, 7) is 5.70. The fourth-order valence-corrected chi connectivity index (χ4v) is 2.78. The zero-order chi connectivity index (χ0) is 13.5. The van der Waals surface area contributed by atoms with Crippen molar-refractivity contribution >= 4 is 22.9 Å². The summed E-state index contributed by atoms with van der Waals surface area (Å²) in [5.41, 5.74) is 0.778. The third kappa shape index (κ3) is 2.40. The fourth-order valence-electron chi connectivity index (χ4n) is 2.62. The maximum Gasteiger partial charge on any atom is 0.154 e. The molecule has 1 aliphatic rings. The van der Waals surface area contributed by atoms with Crippen molar-refractivity contribution in [1.82, 2.24) is 14.6 Å². The van der Waals surface area contributed by atoms with Gasteiger partial charge in [-0.1, -0.05) is 0 Å². The Hall–Kier alpha value is -1.33. The Kier molecular flexibility index (Phi) is 3.11. The number of alkyl halides is 1. The molecule has 1 unspecified atom stereocenters. The van der Waals surface area contributed by atoms with Crippen LogP contribution in [0.3, 0.4) is 0 Å². The normalized spacial score (nSPS) is 22.9. The molecule has 0 radical (unpaired) electrons. The van der Waals surface area contributed by atoms with Gasteiger partial charge in [0.1, 0.15) is 5.52 Å². The quantitative estimate of drug-likeness (QED) is 0.789. The van der Waals surface area contributed by atoms with E-state index in [1.165, 1.54) is 0 Å². The molecule has 5 nitrogen and oxygen atoms in total. The van der Waals surface area contributed by atoms with Crippen molar-refractivity contribution in [2.75, 3.05) is 23.9 Å². The molecule has 0 amide bonds. The van der Waals surface area contributed by atoms with Crippen LogP contribution in [0.1, 0.15) is 13.8 Å². The van der Waals surface area contributed by atoms with Crippen molar-refractivity contribution < 1.29 is 4.74 Å². The molecule has 0 N–H and O–H groups in total. The average Bonchev–Trinajstić information content (AvgIpc) is 2.84. The number of rotatable bonds is 2. The van der Waals surface area contributed by atoms with E-state index in [1.807, 2.05) is 16.8 Å². The highest BCUT2D eigenvalue weighted by molar-refractivity contribution is 6.18. The minimum Gasteiger partial charge on any atom is -0.367 e. The van der Waals surface area contributed by atoms with Crippen molar-refractivity contribution in [2.24, 2.45) is 0 Å². The maximum absolute atomic E-state index is 5.97. The van der Waals surface area contributed by atoms with Crippen molar-refractivity contribution in [3.8, 4) is 0 Å². The Balaban J connectivity index is 1.98. The van der Waals surface area contributed by atoms with Crippen molar-refractivity contribution in [3.63, 3.8) is 0 Å². The molecule has 0 bridgehead atoms. The SMILES string of the molecule is CC1(C)CN(c2nccn3nccc23)CC(CCl)O1. The number of aromatic nitrogens is 3. The predicted octanol–water partition coefficient (Wildman–Crippen LogP) is 1.95. The van der Waals surface area contributed by atoms with Gasteiger partial charge in [-0.05, 0) is 19.9 Å². The average molecular weight is 281 g/mol. The van der Waals surface area contributed by atoms with Gasteiger partial charge in [-0.2, -0.15) is 5.10 Å². The monoisotopic (exact) mass is 280 g/mol. The van der Waals surface area contributed by atoms with E-state index >= 15 is 0 Å². The first-order valence-corrected chi connectivity index (χ1v) is 6.89. The maximum atomic E-state index is 5.97. The first-order valence-electron chi connectivity index (χ1n) is 6.36. The molecule has 0 aliphatic carbocycles. The molecule has 0 spiro atoms. The third-order valence-corrected chi connectivity index (χ3v) is 3.60. The van der Waals surface area contributed by atoms with Crippen LogP contribution in [-0.2, 0) is 4.74 Å². The Labute approximate surface area is 117 Å². The number of anilines is 1. The van der Waals surface area contributed by atoms with Gasteiger partial charge < -0.3 is 9.64 Å². The number of nitrogens with zero attached hydrogens (tertiary/aromatic N) is 4. The lowest BCUT2D eigenvalue weighted by Gasteiger charge is -2.42. The zero-order valence-corrected chi connectivity index (χ0v) is 11.8. The van der Waals surface area contributed by atoms with Crippen LogP contribution in [0.4, 0.5) is 5.82 Å². The Morgan fingerprint density at radius 1 is 1.47 bits per heavy atom. The van der Waals surface area contributed by atoms with E-state index in [1.54, 1.807) is 12.4 Å². The number of hydrogen-bond acceptors (Lipinski definition) is 4. The molecule has 102 valence electrons. The standard InChI is InChI=1S/C13H17ClN4O/c1-13(2)9-17(8-10(7-14)19-13)12-11-3-4-16-18(11)6-5-15-12/h3-6,10H,7-9H2,1-2H3. The number of halogens is 1. The van der Waals surface area contributed by atoms with Gasteiger partial charge in [0, 0.05) is 25.5 Å². The molecule has 19 heavy (non-hydrogen) atoms. The van der Waals surface area contributed by atoms with Crippen molar-refractivity contribution in [1.29, 1.82) is 0 Å². The summed E-state index contributed by atoms with van der Waals surface area (Å²) in [6, 6.07) is 1.97. The summed E-state index contributed by atoms with van der Waals surface area (Å²) in [7, 11) is 0. The van der Waals surface area contributed by atoms with Crippen LogP contribution < -0.4 is 4.90 Å². The van der Waals surface area contributed by atoms with Crippen LogP contribution in [0.25, 0.3) is 5.52 Å². The molecule has 3 heterocycles. The fraction of sp³-hybridized carbons (Fsp3) is 0.538. The highest BCUT2D eigenvalue weighted by Gasteiger charge is 2.34. The predicted molar refractivity (Wildman–Crippen MR) is 74.9 cm³/mol. The van der Waals surface area contributed by atoms with Crippen LogP contribution in [0.5, 0.6) is 0 Å². The molecule has 1 fully saturated rings. The lowest BCUT2D eigenvalue weighted by atomic mass is 10.1. The van der Waals surface area contributed by atoms with Gasteiger partial charge in [0.05, 0.1) is 23.8 Å². The topological polar surface area (TPSA) is 42.7 Å². The molecule has 1 aliphatic heterocycles. The highest BCUT2D eigenvalue weighted by atomic mass is 35.5. The molecular weight excluding hydrogens is 264 g/mol. The van der Waals surface area contributed by atoms with Gasteiger partial charge in [0.2, 0.25) is 0 Å². The summed E-state index contributed by atoms with van der Waals surface area (Å²) in [5, 5.41) is 4.24. The molecule has 3 rings (SSSR count). The van der Waals surface area contributed by atoms with Crippen LogP contribution >= 0.6 is 11.6 Å². The minimum absolute atomic E-state index is 0.0235. The van der Waals surface area contributed by atoms with Crippen LogP contribution in [0.15, 0.2) is 24.7 Å². The van der Waals surface area contributed by atoms with E-state index in [4.69, 9.17) is 16.3 Å². The molecule has 0 aromatic carbocycles. The van der Waals surface area contributed by atoms with Gasteiger partial charge in [-0.15, -0.1) is 11.6 Å². The van der Waals surface area contributed by atoms with Gasteiger partial charge in [-0.25, -0.2) is 9.50 Å². The van der Waals surface area contributed by atoms with Gasteiger partial charge in [0.25, 0.3) is 0 Å². The Morgan fingerprint density at radius 2 is 2.32 bits per heavy atom. The summed E-state index contributed by atoms with van der Waals surface area (Å²) in [6.07, 6.45) is 5.43. The summed E-state index contributed by atoms with van der Waals surface area (Å²) in [5.74, 6) is 1.42. The second-order valence-corrected chi connectivity index (χ2v) is 5.75. The summed E-state index contributed by atoms with van der Waals surface area (Å²) in [4.78, 5) is 6.73. The summed E-state index contributed by atoms with van der Waals surface area (Å²) < 4.78 is 7.78. The largest absolute Gasteiger partial charge is 0.367 e. The van der Waals surface area contributed by atoms with Crippen molar-refractivity contribution in [3.05, 3.63) is 24.7 Å². The molecule has 2 aromatic rings. The molecule has 1 atom stereocenters. The summed E-state index contributed by atoms with van der Waals surface area (Å²) >= 11 is 5.97. The van der Waals surface area contributed by atoms with Crippen molar-refractivity contribution in [2.45, 2.75) is 25.6 Å². The number of morpholine rings is 1. The Bertz CT molecular complexity index is 583. The number of ether oxygens (including phenoxy) is 1. The van der Waals surface area contributed by atoms with Gasteiger partial charge in [0.15, 0.2) is 5.82 Å². The second kappa shape index (κ2) is 4.65. The van der Waals surface area contributed by atoms with Gasteiger partial charge in [-0.3, -0.25) is 0 Å². The molecule has 2 aromatic heterocycles. The molecule has 6 heteroatoms. The van der Waals surface area contributed by atoms with Crippen LogP contribution in [0.2, 0.25) is 0 Å². The Morgan fingerprint density at radius 3 is 3.11 bits per heavy atom. The minimum atomic E-state index is -0.230. The number of hydrogen-bond donors (Lipinski definition) is 0. The first kappa shape index (κ1) is 12.7. The molecule has 1 saturated heterocycles. The van der Waals surface area contributed by atoms with E-state index in [9.17, 15) is 0 Å². The highest BCUT2D eigenvalue weighted by Crippen LogP contribution is 2.27. The van der Waals surface area contributed by atoms with E-state index in [0.717, 1.165) is 24.4 Å².